The third kappa shape index (κ3) is 4.43. The summed E-state index contributed by atoms with van der Waals surface area (Å²) in [4.78, 5) is 14.2. The summed E-state index contributed by atoms with van der Waals surface area (Å²) in [6.45, 7) is 2.52. The number of piperidine rings is 1. The predicted octanol–water partition coefficient (Wildman–Crippen LogP) is 1.91. The molecular formula is C14H20IN3O. The molecule has 0 bridgehead atoms. The number of carbonyl (C=O) groups excluding carboxylic acids is 1. The molecule has 0 aromatic heterocycles. The van der Waals surface area contributed by atoms with Crippen molar-refractivity contribution in [1.29, 1.82) is 0 Å². The largest absolute Gasteiger partial charge is 0.324 e. The van der Waals surface area contributed by atoms with Crippen molar-refractivity contribution in [3.8, 4) is 0 Å². The van der Waals surface area contributed by atoms with Crippen LogP contribution >= 0.6 is 22.6 Å². The summed E-state index contributed by atoms with van der Waals surface area (Å²) in [6.07, 6.45) is 2.35. The molecule has 1 atom stereocenters. The molecule has 19 heavy (non-hydrogen) atoms. The van der Waals surface area contributed by atoms with Gasteiger partial charge in [-0.1, -0.05) is 12.1 Å². The molecule has 1 aliphatic rings. The van der Waals surface area contributed by atoms with E-state index in [-0.39, 0.29) is 5.91 Å². The van der Waals surface area contributed by atoms with Crippen molar-refractivity contribution in [2.75, 3.05) is 32.0 Å². The van der Waals surface area contributed by atoms with E-state index in [2.05, 4.69) is 38.1 Å². The highest BCUT2D eigenvalue weighted by Crippen LogP contribution is 2.17. The molecule has 0 radical (unpaired) electrons. The first-order chi connectivity index (χ1) is 9.16. The van der Waals surface area contributed by atoms with Gasteiger partial charge < -0.3 is 10.6 Å². The highest BCUT2D eigenvalue weighted by molar-refractivity contribution is 14.1. The smallest absolute Gasteiger partial charge is 0.238 e. The maximum atomic E-state index is 12.0. The molecule has 1 aromatic carbocycles. The Morgan fingerprint density at radius 1 is 1.53 bits per heavy atom. The van der Waals surface area contributed by atoms with Crippen molar-refractivity contribution in [2.45, 2.75) is 18.9 Å². The average Bonchev–Trinajstić information content (AvgIpc) is 2.42. The predicted molar refractivity (Wildman–Crippen MR) is 86.3 cm³/mol. The Labute approximate surface area is 128 Å². The molecule has 104 valence electrons. The molecule has 4 nitrogen and oxygen atoms in total. The van der Waals surface area contributed by atoms with Gasteiger partial charge in [0.05, 0.1) is 12.2 Å². The zero-order valence-electron chi connectivity index (χ0n) is 11.2. The lowest BCUT2D eigenvalue weighted by Crippen LogP contribution is -2.46. The summed E-state index contributed by atoms with van der Waals surface area (Å²) >= 11 is 2.23. The SMILES string of the molecule is CN(CC(=O)Nc1ccccc1I)C1CCCNC1. The van der Waals surface area contributed by atoms with Crippen LogP contribution in [-0.4, -0.2) is 43.5 Å². The summed E-state index contributed by atoms with van der Waals surface area (Å²) in [5.74, 6) is 0.0530. The van der Waals surface area contributed by atoms with E-state index in [1.165, 1.54) is 12.8 Å². The monoisotopic (exact) mass is 373 g/mol. The fourth-order valence-electron chi connectivity index (χ4n) is 2.32. The van der Waals surface area contributed by atoms with E-state index < -0.39 is 0 Å². The minimum atomic E-state index is 0.0530. The molecule has 1 saturated heterocycles. The number of likely N-dealkylation sites (N-methyl/N-ethyl adjacent to an activating group) is 1. The van der Waals surface area contributed by atoms with Crippen molar-refractivity contribution < 1.29 is 4.79 Å². The molecule has 2 N–H and O–H groups in total. The number of benzene rings is 1. The topological polar surface area (TPSA) is 44.4 Å². The lowest BCUT2D eigenvalue weighted by molar-refractivity contribution is -0.117. The van der Waals surface area contributed by atoms with Crippen LogP contribution in [0.15, 0.2) is 24.3 Å². The fourth-order valence-corrected chi connectivity index (χ4v) is 2.84. The Morgan fingerprint density at radius 2 is 2.32 bits per heavy atom. The van der Waals surface area contributed by atoms with Crippen molar-refractivity contribution >= 4 is 34.2 Å². The third-order valence-corrected chi connectivity index (χ3v) is 4.38. The van der Waals surface area contributed by atoms with Gasteiger partial charge >= 0.3 is 0 Å². The number of amides is 1. The minimum absolute atomic E-state index is 0.0530. The summed E-state index contributed by atoms with van der Waals surface area (Å²) in [7, 11) is 2.02. The van der Waals surface area contributed by atoms with Gasteiger partial charge in [-0.25, -0.2) is 0 Å². The third-order valence-electron chi connectivity index (χ3n) is 3.44. The van der Waals surface area contributed by atoms with Gasteiger partial charge in [0.1, 0.15) is 0 Å². The highest BCUT2D eigenvalue weighted by atomic mass is 127. The number of para-hydroxylation sites is 1. The number of halogens is 1. The maximum Gasteiger partial charge on any atom is 0.238 e. The second kappa shape index (κ2) is 7.21. The highest BCUT2D eigenvalue weighted by Gasteiger charge is 2.19. The van der Waals surface area contributed by atoms with Gasteiger partial charge in [0.25, 0.3) is 0 Å². The van der Waals surface area contributed by atoms with Crippen LogP contribution in [0.2, 0.25) is 0 Å². The maximum absolute atomic E-state index is 12.0. The number of nitrogens with one attached hydrogen (secondary N) is 2. The van der Waals surface area contributed by atoms with Crippen LogP contribution in [0.1, 0.15) is 12.8 Å². The molecule has 1 unspecified atom stereocenters. The van der Waals surface area contributed by atoms with Crippen LogP contribution in [0.3, 0.4) is 0 Å². The van der Waals surface area contributed by atoms with Crippen LogP contribution in [0.5, 0.6) is 0 Å². The minimum Gasteiger partial charge on any atom is -0.324 e. The molecule has 0 aliphatic carbocycles. The summed E-state index contributed by atoms with van der Waals surface area (Å²) < 4.78 is 1.07. The zero-order valence-corrected chi connectivity index (χ0v) is 13.3. The molecule has 5 heteroatoms. The van der Waals surface area contributed by atoms with Crippen LogP contribution in [0.25, 0.3) is 0 Å². The van der Waals surface area contributed by atoms with Gasteiger partial charge in [0.15, 0.2) is 0 Å². The standard InChI is InChI=1S/C14H20IN3O/c1-18(11-5-4-8-16-9-11)10-14(19)17-13-7-3-2-6-12(13)15/h2-3,6-7,11,16H,4-5,8-10H2,1H3,(H,17,19). The van der Waals surface area contributed by atoms with E-state index in [0.29, 0.717) is 12.6 Å². The van der Waals surface area contributed by atoms with Gasteiger partial charge in [-0.3, -0.25) is 9.69 Å². The number of hydrogen-bond donors (Lipinski definition) is 2. The molecular weight excluding hydrogens is 353 g/mol. The van der Waals surface area contributed by atoms with Crippen molar-refractivity contribution in [1.82, 2.24) is 10.2 Å². The lowest BCUT2D eigenvalue weighted by Gasteiger charge is -2.31. The van der Waals surface area contributed by atoms with Gasteiger partial charge in [0, 0.05) is 16.2 Å². The first kappa shape index (κ1) is 14.7. The quantitative estimate of drug-likeness (QED) is 0.793. The van der Waals surface area contributed by atoms with Crippen LogP contribution in [-0.2, 0) is 4.79 Å². The lowest BCUT2D eigenvalue weighted by atomic mass is 10.1. The van der Waals surface area contributed by atoms with Gasteiger partial charge in [-0.05, 0) is 61.2 Å². The number of nitrogens with zero attached hydrogens (tertiary/aromatic N) is 1. The molecule has 1 aromatic rings. The number of anilines is 1. The first-order valence-electron chi connectivity index (χ1n) is 6.62. The van der Waals surface area contributed by atoms with Gasteiger partial charge in [-0.2, -0.15) is 0 Å². The zero-order chi connectivity index (χ0) is 13.7. The van der Waals surface area contributed by atoms with E-state index >= 15 is 0 Å². The van der Waals surface area contributed by atoms with E-state index in [0.717, 1.165) is 22.3 Å². The van der Waals surface area contributed by atoms with E-state index in [4.69, 9.17) is 0 Å². The molecule has 2 rings (SSSR count). The Hall–Kier alpha value is -0.660. The molecule has 1 amide bonds. The van der Waals surface area contributed by atoms with Gasteiger partial charge in [-0.15, -0.1) is 0 Å². The first-order valence-corrected chi connectivity index (χ1v) is 7.70. The Balaban J connectivity index is 1.85. The summed E-state index contributed by atoms with van der Waals surface area (Å²) in [6, 6.07) is 8.30. The molecule has 1 heterocycles. The van der Waals surface area contributed by atoms with Gasteiger partial charge in [0.2, 0.25) is 5.91 Å². The summed E-state index contributed by atoms with van der Waals surface area (Å²) in [5.41, 5.74) is 0.892. The number of rotatable bonds is 4. The van der Waals surface area contributed by atoms with Crippen LogP contribution < -0.4 is 10.6 Å². The van der Waals surface area contributed by atoms with Crippen LogP contribution in [0, 0.1) is 3.57 Å². The summed E-state index contributed by atoms with van der Waals surface area (Å²) in [5, 5.41) is 6.34. The second-order valence-electron chi connectivity index (χ2n) is 4.94. The van der Waals surface area contributed by atoms with Crippen LogP contribution in [0.4, 0.5) is 5.69 Å². The van der Waals surface area contributed by atoms with Crippen molar-refractivity contribution in [2.24, 2.45) is 0 Å². The average molecular weight is 373 g/mol. The Kier molecular flexibility index (Phi) is 5.59. The van der Waals surface area contributed by atoms with E-state index in [1.807, 2.05) is 31.3 Å². The second-order valence-corrected chi connectivity index (χ2v) is 6.11. The molecule has 1 aliphatic heterocycles. The molecule has 0 spiro atoms. The Morgan fingerprint density at radius 3 is 3.00 bits per heavy atom. The van der Waals surface area contributed by atoms with Crippen molar-refractivity contribution in [3.05, 3.63) is 27.8 Å². The normalized spacial score (nSPS) is 19.4. The van der Waals surface area contributed by atoms with E-state index in [1.54, 1.807) is 0 Å². The van der Waals surface area contributed by atoms with E-state index in [9.17, 15) is 4.79 Å². The van der Waals surface area contributed by atoms with Crippen molar-refractivity contribution in [3.63, 3.8) is 0 Å². The fraction of sp³-hybridized carbons (Fsp3) is 0.500. The Bertz CT molecular complexity index is 432. The molecule has 0 saturated carbocycles. The number of hydrogen-bond acceptors (Lipinski definition) is 3. The molecule has 1 fully saturated rings. The number of carbonyl (C=O) groups is 1.